The van der Waals surface area contributed by atoms with Gasteiger partial charge in [0.05, 0.1) is 17.1 Å². The van der Waals surface area contributed by atoms with Gasteiger partial charge in [0.2, 0.25) is 5.91 Å². The van der Waals surface area contributed by atoms with Crippen molar-refractivity contribution in [3.8, 4) is 0 Å². The van der Waals surface area contributed by atoms with E-state index in [0.29, 0.717) is 17.8 Å². The zero-order chi connectivity index (χ0) is 15.6. The molecule has 4 atom stereocenters. The molecule has 0 aliphatic heterocycles. The molecular weight excluding hydrogens is 298 g/mol. The van der Waals surface area contributed by atoms with Crippen LogP contribution in [0.25, 0.3) is 0 Å². The van der Waals surface area contributed by atoms with Crippen LogP contribution in [0.3, 0.4) is 0 Å². The van der Waals surface area contributed by atoms with E-state index in [1.54, 1.807) is 5.38 Å². The molecule has 1 radical (unpaired) electrons. The Balaban J connectivity index is 2.02. The van der Waals surface area contributed by atoms with E-state index in [-0.39, 0.29) is 18.0 Å². The van der Waals surface area contributed by atoms with Crippen LogP contribution in [0, 0.1) is 16.0 Å². The fraction of sp³-hybridized carbons (Fsp3) is 0.583. The molecule has 0 saturated heterocycles. The first kappa shape index (κ1) is 15.7. The lowest BCUT2D eigenvalue weighted by molar-refractivity contribution is -0.383. The van der Waals surface area contributed by atoms with Gasteiger partial charge in [-0.3, -0.25) is 20.6 Å². The van der Waals surface area contributed by atoms with Crippen LogP contribution in [0.1, 0.15) is 19.3 Å². The number of hydrogen-bond acceptors (Lipinski definition) is 7. The summed E-state index contributed by atoms with van der Waals surface area (Å²) in [5.41, 5.74) is 6.81. The van der Waals surface area contributed by atoms with Crippen molar-refractivity contribution >= 4 is 27.9 Å². The lowest BCUT2D eigenvalue weighted by Crippen LogP contribution is -2.35. The van der Waals surface area contributed by atoms with Gasteiger partial charge in [0.15, 0.2) is 5.00 Å². The van der Waals surface area contributed by atoms with E-state index in [2.05, 4.69) is 5.32 Å². The highest BCUT2D eigenvalue weighted by atomic mass is 32.1. The standard InChI is InChI=1S/C12H16N3O5S/c13-9(16)2-1-6-5-7(11(18)10(6)17)14-12-8(15(19)20)3-4-21-12/h3-4,6-7,10-11,13-14,17-18H,1-2,5H2. The first-order chi connectivity index (χ1) is 9.90. The van der Waals surface area contributed by atoms with Crippen molar-refractivity contribution in [2.24, 2.45) is 5.92 Å². The molecule has 1 aromatic rings. The maximum Gasteiger partial charge on any atom is 0.303 e. The molecule has 1 heterocycles. The van der Waals surface area contributed by atoms with Gasteiger partial charge >= 0.3 is 5.69 Å². The van der Waals surface area contributed by atoms with Crippen molar-refractivity contribution in [1.82, 2.24) is 5.73 Å². The summed E-state index contributed by atoms with van der Waals surface area (Å²) in [6.07, 6.45) is -1.31. The molecule has 0 spiro atoms. The highest BCUT2D eigenvalue weighted by molar-refractivity contribution is 7.14. The smallest absolute Gasteiger partial charge is 0.303 e. The zero-order valence-electron chi connectivity index (χ0n) is 11.1. The van der Waals surface area contributed by atoms with Gasteiger partial charge in [0.1, 0.15) is 6.10 Å². The second-order valence-electron chi connectivity index (χ2n) is 5.08. The first-order valence-corrected chi connectivity index (χ1v) is 7.37. The molecule has 1 aliphatic rings. The third kappa shape index (κ3) is 3.49. The minimum absolute atomic E-state index is 0.0281. The molecule has 4 N–H and O–H groups in total. The summed E-state index contributed by atoms with van der Waals surface area (Å²) in [5.74, 6) is -1.01. The van der Waals surface area contributed by atoms with E-state index in [4.69, 9.17) is 5.73 Å². The Kier molecular flexibility index (Phi) is 4.76. The van der Waals surface area contributed by atoms with Crippen LogP contribution < -0.4 is 11.1 Å². The van der Waals surface area contributed by atoms with Gasteiger partial charge < -0.3 is 15.5 Å². The number of nitrogens with zero attached hydrogens (tertiary/aromatic N) is 1. The van der Waals surface area contributed by atoms with Crippen LogP contribution in [0.2, 0.25) is 0 Å². The maximum absolute atomic E-state index is 10.8. The van der Waals surface area contributed by atoms with Crippen molar-refractivity contribution in [2.75, 3.05) is 5.32 Å². The number of amides is 1. The molecule has 1 aromatic heterocycles. The molecule has 0 bridgehead atoms. The topological polar surface area (TPSA) is 136 Å². The average Bonchev–Trinajstić information content (AvgIpc) is 2.97. The Morgan fingerprint density at radius 1 is 1.52 bits per heavy atom. The Morgan fingerprint density at radius 2 is 2.24 bits per heavy atom. The molecule has 115 valence electrons. The van der Waals surface area contributed by atoms with Gasteiger partial charge in [0.25, 0.3) is 0 Å². The van der Waals surface area contributed by atoms with Crippen molar-refractivity contribution in [1.29, 1.82) is 0 Å². The molecule has 2 rings (SSSR count). The normalized spacial score (nSPS) is 28.5. The van der Waals surface area contributed by atoms with E-state index in [1.165, 1.54) is 6.07 Å². The minimum atomic E-state index is -1.06. The van der Waals surface area contributed by atoms with Gasteiger partial charge in [-0.15, -0.1) is 11.3 Å². The highest BCUT2D eigenvalue weighted by Gasteiger charge is 2.41. The molecule has 1 aliphatic carbocycles. The fourth-order valence-electron chi connectivity index (χ4n) is 2.59. The minimum Gasteiger partial charge on any atom is -0.390 e. The fourth-order valence-corrected chi connectivity index (χ4v) is 3.41. The van der Waals surface area contributed by atoms with Crippen molar-refractivity contribution in [3.05, 3.63) is 21.6 Å². The van der Waals surface area contributed by atoms with Gasteiger partial charge in [-0.25, -0.2) is 0 Å². The van der Waals surface area contributed by atoms with E-state index in [0.717, 1.165) is 11.3 Å². The van der Waals surface area contributed by atoms with Gasteiger partial charge in [-0.2, -0.15) is 0 Å². The molecule has 9 heteroatoms. The van der Waals surface area contributed by atoms with Crippen LogP contribution in [-0.4, -0.2) is 39.3 Å². The van der Waals surface area contributed by atoms with E-state index in [1.807, 2.05) is 0 Å². The van der Waals surface area contributed by atoms with E-state index in [9.17, 15) is 25.1 Å². The summed E-state index contributed by atoms with van der Waals surface area (Å²) in [6, 6.07) is 0.865. The number of hydrogen-bond donors (Lipinski definition) is 3. The number of anilines is 1. The number of rotatable bonds is 6. The number of carbonyl (C=O) groups is 1. The average molecular weight is 314 g/mol. The Morgan fingerprint density at radius 3 is 2.86 bits per heavy atom. The summed E-state index contributed by atoms with van der Waals surface area (Å²) < 4.78 is 0. The predicted octanol–water partition coefficient (Wildman–Crippen LogP) is 0.768. The van der Waals surface area contributed by atoms with Crippen LogP contribution in [0.5, 0.6) is 0 Å². The molecule has 21 heavy (non-hydrogen) atoms. The number of carbonyl (C=O) groups excluding carboxylic acids is 1. The van der Waals surface area contributed by atoms with Crippen molar-refractivity contribution in [2.45, 2.75) is 37.5 Å². The second-order valence-corrected chi connectivity index (χ2v) is 6.00. The molecule has 1 saturated carbocycles. The number of nitro groups is 1. The monoisotopic (exact) mass is 314 g/mol. The molecule has 1 fully saturated rings. The molecular formula is C12H16N3O5S. The summed E-state index contributed by atoms with van der Waals surface area (Å²) in [5, 5.41) is 35.6. The Labute approximate surface area is 124 Å². The number of aliphatic hydroxyl groups is 2. The first-order valence-electron chi connectivity index (χ1n) is 6.49. The number of aliphatic hydroxyl groups excluding tert-OH is 2. The highest BCUT2D eigenvalue weighted by Crippen LogP contribution is 2.36. The Hall–Kier alpha value is -1.71. The van der Waals surface area contributed by atoms with Crippen LogP contribution in [-0.2, 0) is 4.79 Å². The van der Waals surface area contributed by atoms with Gasteiger partial charge in [-0.1, -0.05) is 0 Å². The van der Waals surface area contributed by atoms with E-state index >= 15 is 0 Å². The summed E-state index contributed by atoms with van der Waals surface area (Å²) in [6.45, 7) is 0. The molecule has 0 aromatic carbocycles. The third-order valence-corrected chi connectivity index (χ3v) is 4.54. The molecule has 4 unspecified atom stereocenters. The molecule has 8 nitrogen and oxygen atoms in total. The van der Waals surface area contributed by atoms with Crippen LogP contribution >= 0.6 is 11.3 Å². The number of thiophene rings is 1. The lowest BCUT2D eigenvalue weighted by atomic mass is 9.99. The summed E-state index contributed by atoms with van der Waals surface area (Å²) in [4.78, 5) is 21.0. The Bertz CT molecular complexity index is 535. The number of nitrogens with one attached hydrogen (secondary N) is 2. The quantitative estimate of drug-likeness (QED) is 0.524. The summed E-state index contributed by atoms with van der Waals surface area (Å²) >= 11 is 1.16. The van der Waals surface area contributed by atoms with Crippen LogP contribution in [0.15, 0.2) is 11.4 Å². The summed E-state index contributed by atoms with van der Waals surface area (Å²) in [7, 11) is 0. The molecule has 1 amide bonds. The second kappa shape index (κ2) is 6.37. The van der Waals surface area contributed by atoms with Crippen molar-refractivity contribution in [3.63, 3.8) is 0 Å². The van der Waals surface area contributed by atoms with Crippen LogP contribution in [0.4, 0.5) is 10.7 Å². The SMILES string of the molecule is [NH]C(=O)CCC1CC(Nc2sccc2[N+](=O)[O-])C(O)C1O. The predicted molar refractivity (Wildman–Crippen MR) is 75.8 cm³/mol. The van der Waals surface area contributed by atoms with E-state index < -0.39 is 29.1 Å². The van der Waals surface area contributed by atoms with Crippen molar-refractivity contribution < 1.29 is 19.9 Å². The largest absolute Gasteiger partial charge is 0.390 e. The zero-order valence-corrected chi connectivity index (χ0v) is 11.9. The lowest BCUT2D eigenvalue weighted by Gasteiger charge is -2.17. The van der Waals surface area contributed by atoms with Gasteiger partial charge in [-0.05, 0) is 24.1 Å². The van der Waals surface area contributed by atoms with Gasteiger partial charge in [0, 0.05) is 12.5 Å². The maximum atomic E-state index is 10.8. The third-order valence-electron chi connectivity index (χ3n) is 3.70.